The molecular formula is C13H27N3O4. The highest BCUT2D eigenvalue weighted by atomic mass is 16.5. The van der Waals surface area contributed by atoms with E-state index in [0.29, 0.717) is 26.3 Å². The van der Waals surface area contributed by atoms with Gasteiger partial charge in [0.15, 0.2) is 0 Å². The van der Waals surface area contributed by atoms with Crippen LogP contribution in [0.25, 0.3) is 0 Å². The van der Waals surface area contributed by atoms with Gasteiger partial charge in [-0.2, -0.15) is 0 Å². The molecule has 1 aliphatic heterocycles. The van der Waals surface area contributed by atoms with Gasteiger partial charge < -0.3 is 30.1 Å². The van der Waals surface area contributed by atoms with Gasteiger partial charge in [0.05, 0.1) is 25.4 Å². The summed E-state index contributed by atoms with van der Waals surface area (Å²) in [6.45, 7) is 7.89. The summed E-state index contributed by atoms with van der Waals surface area (Å²) in [6, 6.07) is -0.670. The Hall–Kier alpha value is -0.890. The monoisotopic (exact) mass is 289 g/mol. The maximum absolute atomic E-state index is 11.6. The Balaban J connectivity index is 2.33. The van der Waals surface area contributed by atoms with Gasteiger partial charge in [0.2, 0.25) is 0 Å². The lowest BCUT2D eigenvalue weighted by atomic mass is 10.1. The Morgan fingerprint density at radius 3 is 2.75 bits per heavy atom. The van der Waals surface area contributed by atoms with E-state index in [1.54, 1.807) is 7.11 Å². The van der Waals surface area contributed by atoms with Gasteiger partial charge in [0, 0.05) is 20.2 Å². The van der Waals surface area contributed by atoms with E-state index in [4.69, 9.17) is 9.47 Å². The van der Waals surface area contributed by atoms with Crippen molar-refractivity contribution in [2.45, 2.75) is 32.1 Å². The van der Waals surface area contributed by atoms with Crippen LogP contribution in [0.1, 0.15) is 13.8 Å². The zero-order chi connectivity index (χ0) is 15.0. The van der Waals surface area contributed by atoms with Crippen molar-refractivity contribution >= 4 is 6.03 Å². The Labute approximate surface area is 120 Å². The summed E-state index contributed by atoms with van der Waals surface area (Å²) in [4.78, 5) is 13.8. The minimum absolute atomic E-state index is 0.251. The summed E-state index contributed by atoms with van der Waals surface area (Å²) < 4.78 is 10.4. The number of rotatable bonds is 8. The van der Waals surface area contributed by atoms with Crippen LogP contribution in [0, 0.1) is 0 Å². The number of ether oxygens (including phenoxy) is 2. The molecular weight excluding hydrogens is 262 g/mol. The van der Waals surface area contributed by atoms with Crippen LogP contribution in [-0.2, 0) is 9.47 Å². The number of hydrogen-bond acceptors (Lipinski definition) is 5. The highest BCUT2D eigenvalue weighted by molar-refractivity contribution is 5.74. The quantitative estimate of drug-likeness (QED) is 0.520. The van der Waals surface area contributed by atoms with Crippen LogP contribution in [0.5, 0.6) is 0 Å². The SMILES string of the molecule is CCN(CC)C[C@@H]1OC[C@H](NC(=O)NCCOC)[C@H]1O. The number of carbonyl (C=O) groups excluding carboxylic acids is 1. The Bertz CT molecular complexity index is 287. The van der Waals surface area contributed by atoms with E-state index in [1.165, 1.54) is 0 Å². The average molecular weight is 289 g/mol. The van der Waals surface area contributed by atoms with Crippen LogP contribution in [0.2, 0.25) is 0 Å². The van der Waals surface area contributed by atoms with Crippen molar-refractivity contribution in [1.29, 1.82) is 0 Å². The summed E-state index contributed by atoms with van der Waals surface area (Å²) in [7, 11) is 1.58. The normalized spacial score (nSPS) is 25.9. The van der Waals surface area contributed by atoms with E-state index in [0.717, 1.165) is 13.1 Å². The number of nitrogens with zero attached hydrogens (tertiary/aromatic N) is 1. The summed E-state index contributed by atoms with van der Waals surface area (Å²) in [5.74, 6) is 0. The third kappa shape index (κ3) is 5.24. The van der Waals surface area contributed by atoms with E-state index in [1.807, 2.05) is 0 Å². The molecule has 7 heteroatoms. The maximum Gasteiger partial charge on any atom is 0.315 e. The van der Waals surface area contributed by atoms with Crippen molar-refractivity contribution in [3.63, 3.8) is 0 Å². The maximum atomic E-state index is 11.6. The lowest BCUT2D eigenvalue weighted by Gasteiger charge is -2.24. The number of urea groups is 1. The van der Waals surface area contributed by atoms with E-state index in [9.17, 15) is 9.90 Å². The number of aliphatic hydroxyl groups excluding tert-OH is 1. The molecule has 0 unspecified atom stereocenters. The summed E-state index contributed by atoms with van der Waals surface area (Å²) in [5, 5.41) is 15.6. The molecule has 1 aliphatic rings. The van der Waals surface area contributed by atoms with Gasteiger partial charge in [-0.05, 0) is 13.1 Å². The molecule has 118 valence electrons. The third-order valence-electron chi connectivity index (χ3n) is 3.52. The first-order valence-corrected chi connectivity index (χ1v) is 7.17. The molecule has 0 spiro atoms. The fraction of sp³-hybridized carbons (Fsp3) is 0.923. The fourth-order valence-corrected chi connectivity index (χ4v) is 2.19. The van der Waals surface area contributed by atoms with Gasteiger partial charge in [0.1, 0.15) is 6.10 Å². The highest BCUT2D eigenvalue weighted by Gasteiger charge is 2.37. The number of methoxy groups -OCH3 is 1. The molecule has 0 radical (unpaired) electrons. The van der Waals surface area contributed by atoms with Gasteiger partial charge in [-0.1, -0.05) is 13.8 Å². The van der Waals surface area contributed by atoms with Crippen LogP contribution < -0.4 is 10.6 Å². The van der Waals surface area contributed by atoms with E-state index in [2.05, 4.69) is 29.4 Å². The van der Waals surface area contributed by atoms with Crippen molar-refractivity contribution in [1.82, 2.24) is 15.5 Å². The van der Waals surface area contributed by atoms with Gasteiger partial charge in [-0.3, -0.25) is 0 Å². The van der Waals surface area contributed by atoms with Crippen molar-refractivity contribution in [3.8, 4) is 0 Å². The number of hydrogen-bond donors (Lipinski definition) is 3. The zero-order valence-electron chi connectivity index (χ0n) is 12.6. The topological polar surface area (TPSA) is 83.1 Å². The van der Waals surface area contributed by atoms with Gasteiger partial charge in [-0.15, -0.1) is 0 Å². The molecule has 1 fully saturated rings. The Morgan fingerprint density at radius 2 is 2.15 bits per heavy atom. The molecule has 20 heavy (non-hydrogen) atoms. The predicted molar refractivity (Wildman–Crippen MR) is 75.7 cm³/mol. The molecule has 0 bridgehead atoms. The molecule has 3 atom stereocenters. The molecule has 1 rings (SSSR count). The van der Waals surface area contributed by atoms with Gasteiger partial charge >= 0.3 is 6.03 Å². The summed E-state index contributed by atoms with van der Waals surface area (Å²) in [6.07, 6.45) is -0.928. The van der Waals surface area contributed by atoms with Crippen LogP contribution in [-0.4, -0.2) is 80.8 Å². The second-order valence-corrected chi connectivity index (χ2v) is 4.85. The molecule has 3 N–H and O–H groups in total. The molecule has 1 saturated heterocycles. The van der Waals surface area contributed by atoms with Crippen LogP contribution >= 0.6 is 0 Å². The van der Waals surface area contributed by atoms with E-state index >= 15 is 0 Å². The molecule has 2 amide bonds. The standard InChI is InChI=1S/C13H27N3O4/c1-4-16(5-2)8-11-12(17)10(9-20-11)15-13(18)14-6-7-19-3/h10-12,17H,4-9H2,1-3H3,(H2,14,15,18)/t10-,11-,12+/m0/s1. The van der Waals surface area contributed by atoms with Gasteiger partial charge in [0.25, 0.3) is 0 Å². The largest absolute Gasteiger partial charge is 0.388 e. The summed E-state index contributed by atoms with van der Waals surface area (Å²) in [5.41, 5.74) is 0. The number of aliphatic hydroxyl groups is 1. The lowest BCUT2D eigenvalue weighted by Crippen LogP contribution is -2.50. The lowest BCUT2D eigenvalue weighted by molar-refractivity contribution is 0.0173. The predicted octanol–water partition coefficient (Wildman–Crippen LogP) is -0.598. The van der Waals surface area contributed by atoms with Gasteiger partial charge in [-0.25, -0.2) is 4.79 Å². The molecule has 0 saturated carbocycles. The molecule has 1 heterocycles. The minimum Gasteiger partial charge on any atom is -0.388 e. The zero-order valence-corrected chi connectivity index (χ0v) is 12.6. The Kier molecular flexibility index (Phi) is 7.83. The highest BCUT2D eigenvalue weighted by Crippen LogP contribution is 2.15. The van der Waals surface area contributed by atoms with Crippen LogP contribution in [0.3, 0.4) is 0 Å². The van der Waals surface area contributed by atoms with Crippen LogP contribution in [0.4, 0.5) is 4.79 Å². The number of nitrogens with one attached hydrogen (secondary N) is 2. The number of likely N-dealkylation sites (N-methyl/N-ethyl adjacent to an activating group) is 1. The van der Waals surface area contributed by atoms with E-state index < -0.39 is 6.10 Å². The Morgan fingerprint density at radius 1 is 1.45 bits per heavy atom. The van der Waals surface area contributed by atoms with Crippen molar-refractivity contribution in [2.75, 3.05) is 46.5 Å². The second kappa shape index (κ2) is 9.12. The minimum atomic E-state index is -0.677. The van der Waals surface area contributed by atoms with Crippen molar-refractivity contribution in [2.24, 2.45) is 0 Å². The first-order chi connectivity index (χ1) is 9.62. The second-order valence-electron chi connectivity index (χ2n) is 4.85. The number of carbonyl (C=O) groups is 1. The number of amides is 2. The molecule has 0 aromatic carbocycles. The average Bonchev–Trinajstić information content (AvgIpc) is 2.77. The smallest absolute Gasteiger partial charge is 0.315 e. The molecule has 0 aliphatic carbocycles. The fourth-order valence-electron chi connectivity index (χ4n) is 2.19. The molecule has 7 nitrogen and oxygen atoms in total. The first-order valence-electron chi connectivity index (χ1n) is 7.17. The van der Waals surface area contributed by atoms with Crippen molar-refractivity contribution in [3.05, 3.63) is 0 Å². The summed E-state index contributed by atoms with van der Waals surface area (Å²) >= 11 is 0. The van der Waals surface area contributed by atoms with Crippen LogP contribution in [0.15, 0.2) is 0 Å². The first kappa shape index (κ1) is 17.2. The third-order valence-corrected chi connectivity index (χ3v) is 3.52. The molecule has 0 aromatic rings. The molecule has 0 aromatic heterocycles. The van der Waals surface area contributed by atoms with E-state index in [-0.39, 0.29) is 18.2 Å². The van der Waals surface area contributed by atoms with Crippen molar-refractivity contribution < 1.29 is 19.4 Å².